The predicted octanol–water partition coefficient (Wildman–Crippen LogP) is 2.04. The van der Waals surface area contributed by atoms with Crippen LogP contribution in [0.1, 0.15) is 16.8 Å². The van der Waals surface area contributed by atoms with Crippen LogP contribution in [0.15, 0.2) is 36.4 Å². The first-order chi connectivity index (χ1) is 11.2. The predicted molar refractivity (Wildman–Crippen MR) is 84.0 cm³/mol. The van der Waals surface area contributed by atoms with Crippen LogP contribution in [0.4, 0.5) is 0 Å². The third kappa shape index (κ3) is 3.98. The molecule has 0 radical (unpaired) electrons. The zero-order chi connectivity index (χ0) is 16.7. The number of carbonyl (C=O) groups excluding carboxylic acids is 2. The summed E-state index contributed by atoms with van der Waals surface area (Å²) in [5.41, 5.74) is 0.367. The van der Waals surface area contributed by atoms with E-state index in [4.69, 9.17) is 14.7 Å². The summed E-state index contributed by atoms with van der Waals surface area (Å²) in [6.45, 7) is -0.150. The maximum absolute atomic E-state index is 12.2. The molecule has 0 bridgehead atoms. The molecule has 0 unspecified atom stereocenters. The van der Waals surface area contributed by atoms with Gasteiger partial charge in [0.05, 0.1) is 25.2 Å². The Labute approximate surface area is 133 Å². The van der Waals surface area contributed by atoms with E-state index in [1.54, 1.807) is 25.3 Å². The van der Waals surface area contributed by atoms with Crippen molar-refractivity contribution in [3.05, 3.63) is 42.0 Å². The Kier molecular flexibility index (Phi) is 5.53. The van der Waals surface area contributed by atoms with Gasteiger partial charge in [-0.25, -0.2) is 4.79 Å². The molecule has 0 fully saturated rings. The standard InChI is InChI=1S/C17H16N2O4/c1-22-15-8-7-14(12-5-2-3-6-13(12)15)17(21)23-11-16(20)19-10-4-9-18/h2-3,5-8H,4,10-11H2,1H3,(H,19,20). The van der Waals surface area contributed by atoms with Gasteiger partial charge in [0, 0.05) is 11.9 Å². The van der Waals surface area contributed by atoms with Crippen molar-refractivity contribution >= 4 is 22.6 Å². The van der Waals surface area contributed by atoms with Gasteiger partial charge in [-0.3, -0.25) is 4.79 Å². The van der Waals surface area contributed by atoms with Crippen LogP contribution in [0.2, 0.25) is 0 Å². The Morgan fingerprint density at radius 3 is 2.61 bits per heavy atom. The minimum absolute atomic E-state index is 0.211. The topological polar surface area (TPSA) is 88.4 Å². The van der Waals surface area contributed by atoms with Gasteiger partial charge in [-0.1, -0.05) is 24.3 Å². The van der Waals surface area contributed by atoms with Gasteiger partial charge in [-0.15, -0.1) is 0 Å². The number of carbonyl (C=O) groups is 2. The molecule has 0 saturated carbocycles. The number of fused-ring (bicyclic) bond motifs is 1. The first kappa shape index (κ1) is 16.3. The van der Waals surface area contributed by atoms with Gasteiger partial charge < -0.3 is 14.8 Å². The molecule has 23 heavy (non-hydrogen) atoms. The van der Waals surface area contributed by atoms with Crippen LogP contribution in [-0.4, -0.2) is 32.1 Å². The van der Waals surface area contributed by atoms with Crippen molar-refractivity contribution in [1.29, 1.82) is 5.26 Å². The number of hydrogen-bond acceptors (Lipinski definition) is 5. The first-order valence-electron chi connectivity index (χ1n) is 7.04. The average Bonchev–Trinajstić information content (AvgIpc) is 2.59. The van der Waals surface area contributed by atoms with E-state index in [-0.39, 0.29) is 19.6 Å². The molecule has 118 valence electrons. The Morgan fingerprint density at radius 1 is 1.17 bits per heavy atom. The number of nitrogens with zero attached hydrogens (tertiary/aromatic N) is 1. The van der Waals surface area contributed by atoms with E-state index in [9.17, 15) is 9.59 Å². The first-order valence-corrected chi connectivity index (χ1v) is 7.04. The maximum atomic E-state index is 12.2. The number of hydrogen-bond donors (Lipinski definition) is 1. The van der Waals surface area contributed by atoms with E-state index in [0.29, 0.717) is 16.7 Å². The number of rotatable bonds is 6. The zero-order valence-electron chi connectivity index (χ0n) is 12.7. The number of amides is 1. The minimum Gasteiger partial charge on any atom is -0.496 e. The number of methoxy groups -OCH3 is 1. The molecule has 2 aromatic rings. The third-order valence-corrected chi connectivity index (χ3v) is 3.22. The molecule has 0 atom stereocenters. The van der Waals surface area contributed by atoms with Gasteiger partial charge in [-0.2, -0.15) is 5.26 Å². The molecule has 0 heterocycles. The van der Waals surface area contributed by atoms with Crippen molar-refractivity contribution in [2.75, 3.05) is 20.3 Å². The van der Waals surface area contributed by atoms with Gasteiger partial charge in [-0.05, 0) is 17.5 Å². The number of nitrogens with one attached hydrogen (secondary N) is 1. The summed E-state index contributed by atoms with van der Waals surface area (Å²) in [6, 6.07) is 12.5. The summed E-state index contributed by atoms with van der Waals surface area (Å²) < 4.78 is 10.3. The quantitative estimate of drug-likeness (QED) is 0.651. The lowest BCUT2D eigenvalue weighted by atomic mass is 10.0. The van der Waals surface area contributed by atoms with E-state index in [1.807, 2.05) is 24.3 Å². The number of nitriles is 1. The largest absolute Gasteiger partial charge is 0.496 e. The fourth-order valence-corrected chi connectivity index (χ4v) is 2.15. The minimum atomic E-state index is -0.584. The second-order valence-electron chi connectivity index (χ2n) is 4.70. The summed E-state index contributed by atoms with van der Waals surface area (Å²) >= 11 is 0. The van der Waals surface area contributed by atoms with Crippen molar-refractivity contribution in [3.63, 3.8) is 0 Å². The smallest absolute Gasteiger partial charge is 0.339 e. The maximum Gasteiger partial charge on any atom is 0.339 e. The molecule has 6 nitrogen and oxygen atoms in total. The second-order valence-corrected chi connectivity index (χ2v) is 4.70. The summed E-state index contributed by atoms with van der Waals surface area (Å²) in [6.07, 6.45) is 0.211. The second kappa shape index (κ2) is 7.80. The van der Waals surface area contributed by atoms with Crippen molar-refractivity contribution in [3.8, 4) is 11.8 Å². The van der Waals surface area contributed by atoms with Gasteiger partial charge in [0.15, 0.2) is 6.61 Å². The molecule has 0 spiro atoms. The highest BCUT2D eigenvalue weighted by atomic mass is 16.5. The van der Waals surface area contributed by atoms with Crippen LogP contribution in [0.3, 0.4) is 0 Å². The van der Waals surface area contributed by atoms with Crippen molar-refractivity contribution in [1.82, 2.24) is 5.32 Å². The monoisotopic (exact) mass is 312 g/mol. The summed E-state index contributed by atoms with van der Waals surface area (Å²) in [4.78, 5) is 23.7. The lowest BCUT2D eigenvalue weighted by Gasteiger charge is -2.10. The van der Waals surface area contributed by atoms with Crippen LogP contribution in [0.25, 0.3) is 10.8 Å². The van der Waals surface area contributed by atoms with Crippen LogP contribution < -0.4 is 10.1 Å². The van der Waals surface area contributed by atoms with E-state index < -0.39 is 11.9 Å². The molecular formula is C17H16N2O4. The summed E-state index contributed by atoms with van der Waals surface area (Å²) in [5, 5.41) is 12.4. The van der Waals surface area contributed by atoms with Gasteiger partial charge in [0.1, 0.15) is 5.75 Å². The highest BCUT2D eigenvalue weighted by molar-refractivity contribution is 6.06. The Bertz CT molecular complexity index is 765. The molecule has 0 saturated heterocycles. The molecular weight excluding hydrogens is 296 g/mol. The lowest BCUT2D eigenvalue weighted by molar-refractivity contribution is -0.124. The number of benzene rings is 2. The van der Waals surface area contributed by atoms with Gasteiger partial charge in [0.25, 0.3) is 5.91 Å². The fourth-order valence-electron chi connectivity index (χ4n) is 2.15. The molecule has 0 aliphatic rings. The zero-order valence-corrected chi connectivity index (χ0v) is 12.7. The molecule has 1 amide bonds. The van der Waals surface area contributed by atoms with Gasteiger partial charge in [0.2, 0.25) is 0 Å². The SMILES string of the molecule is COc1ccc(C(=O)OCC(=O)NCCC#N)c2ccccc12. The van der Waals surface area contributed by atoms with Gasteiger partial charge >= 0.3 is 5.97 Å². The summed E-state index contributed by atoms with van der Waals surface area (Å²) in [7, 11) is 1.56. The Hall–Kier alpha value is -3.07. The van der Waals surface area contributed by atoms with Crippen molar-refractivity contribution in [2.45, 2.75) is 6.42 Å². The van der Waals surface area contributed by atoms with E-state index in [1.165, 1.54) is 0 Å². The Morgan fingerprint density at radius 2 is 1.91 bits per heavy atom. The Balaban J connectivity index is 2.10. The summed E-state index contributed by atoms with van der Waals surface area (Å²) in [5.74, 6) is -0.364. The van der Waals surface area contributed by atoms with Crippen LogP contribution in [0, 0.1) is 11.3 Å². The highest BCUT2D eigenvalue weighted by Gasteiger charge is 2.15. The normalized spacial score (nSPS) is 9.91. The molecule has 0 aliphatic carbocycles. The van der Waals surface area contributed by atoms with Crippen LogP contribution in [0.5, 0.6) is 5.75 Å². The van der Waals surface area contributed by atoms with Crippen molar-refractivity contribution in [2.24, 2.45) is 0 Å². The number of esters is 1. The molecule has 1 N–H and O–H groups in total. The molecule has 0 aromatic heterocycles. The van der Waals surface area contributed by atoms with Crippen LogP contribution >= 0.6 is 0 Å². The van der Waals surface area contributed by atoms with E-state index in [2.05, 4.69) is 5.32 Å². The third-order valence-electron chi connectivity index (χ3n) is 3.22. The number of ether oxygens (including phenoxy) is 2. The van der Waals surface area contributed by atoms with Crippen LogP contribution in [-0.2, 0) is 9.53 Å². The molecule has 6 heteroatoms. The van der Waals surface area contributed by atoms with E-state index in [0.717, 1.165) is 5.39 Å². The fraction of sp³-hybridized carbons (Fsp3) is 0.235. The molecule has 0 aliphatic heterocycles. The lowest BCUT2D eigenvalue weighted by Crippen LogP contribution is -2.29. The van der Waals surface area contributed by atoms with Crippen molar-refractivity contribution < 1.29 is 19.1 Å². The highest BCUT2D eigenvalue weighted by Crippen LogP contribution is 2.28. The van der Waals surface area contributed by atoms with E-state index >= 15 is 0 Å². The molecule has 2 rings (SSSR count). The average molecular weight is 312 g/mol. The molecule has 2 aromatic carbocycles.